The summed E-state index contributed by atoms with van der Waals surface area (Å²) in [5, 5.41) is 6.03. The third-order valence-corrected chi connectivity index (χ3v) is 4.61. The summed E-state index contributed by atoms with van der Waals surface area (Å²) in [5.74, 6) is 1.38. The van der Waals surface area contributed by atoms with Crippen LogP contribution in [0.5, 0.6) is 17.2 Å². The normalized spacial score (nSPS) is 10.5. The molecule has 0 atom stereocenters. The fraction of sp³-hybridized carbons (Fsp3) is 0.167. The zero-order valence-corrected chi connectivity index (χ0v) is 18.6. The first-order chi connectivity index (χ1) is 15.4. The van der Waals surface area contributed by atoms with Gasteiger partial charge < -0.3 is 20.1 Å². The SMILES string of the molecule is COc1ccc(Cl)cc1NC(=O)CN(C)CC(=O)Nc1ccc(Oc2ccccc2)cc1. The largest absolute Gasteiger partial charge is 0.495 e. The molecule has 7 nitrogen and oxygen atoms in total. The molecule has 0 fully saturated rings. The van der Waals surface area contributed by atoms with Crippen LogP contribution in [0.3, 0.4) is 0 Å². The topological polar surface area (TPSA) is 79.9 Å². The first-order valence-electron chi connectivity index (χ1n) is 9.87. The Balaban J connectivity index is 1.47. The van der Waals surface area contributed by atoms with Crippen LogP contribution in [0.15, 0.2) is 72.8 Å². The highest BCUT2D eigenvalue weighted by Gasteiger charge is 2.13. The first-order valence-corrected chi connectivity index (χ1v) is 10.3. The lowest BCUT2D eigenvalue weighted by molar-refractivity contribution is -0.119. The van der Waals surface area contributed by atoms with E-state index in [4.69, 9.17) is 21.1 Å². The van der Waals surface area contributed by atoms with Crippen LogP contribution in [-0.4, -0.2) is 44.0 Å². The van der Waals surface area contributed by atoms with Crippen molar-refractivity contribution >= 4 is 34.8 Å². The van der Waals surface area contributed by atoms with E-state index in [0.717, 1.165) is 5.75 Å². The Morgan fingerprint density at radius 3 is 2.16 bits per heavy atom. The van der Waals surface area contributed by atoms with E-state index in [-0.39, 0.29) is 24.9 Å². The Morgan fingerprint density at radius 2 is 1.50 bits per heavy atom. The van der Waals surface area contributed by atoms with Crippen molar-refractivity contribution < 1.29 is 19.1 Å². The van der Waals surface area contributed by atoms with Crippen molar-refractivity contribution in [3.8, 4) is 17.2 Å². The lowest BCUT2D eigenvalue weighted by Gasteiger charge is -2.17. The number of hydrogen-bond acceptors (Lipinski definition) is 5. The molecule has 3 rings (SSSR count). The lowest BCUT2D eigenvalue weighted by Crippen LogP contribution is -2.36. The number of carbonyl (C=O) groups excluding carboxylic acids is 2. The smallest absolute Gasteiger partial charge is 0.238 e. The Labute approximate surface area is 191 Å². The van der Waals surface area contributed by atoms with Gasteiger partial charge in [0.05, 0.1) is 25.9 Å². The van der Waals surface area contributed by atoms with Gasteiger partial charge in [-0.2, -0.15) is 0 Å². The molecule has 0 radical (unpaired) electrons. The van der Waals surface area contributed by atoms with Crippen molar-refractivity contribution in [2.45, 2.75) is 0 Å². The summed E-state index contributed by atoms with van der Waals surface area (Å²) in [6, 6.07) is 21.5. The second-order valence-electron chi connectivity index (χ2n) is 7.05. The van der Waals surface area contributed by atoms with Crippen molar-refractivity contribution in [3.63, 3.8) is 0 Å². The summed E-state index contributed by atoms with van der Waals surface area (Å²) < 4.78 is 11.0. The quantitative estimate of drug-likeness (QED) is 0.493. The summed E-state index contributed by atoms with van der Waals surface area (Å²) in [5.41, 5.74) is 1.11. The van der Waals surface area contributed by atoms with Gasteiger partial charge in [0.25, 0.3) is 0 Å². The maximum Gasteiger partial charge on any atom is 0.238 e. The third kappa shape index (κ3) is 7.01. The number of amides is 2. The predicted octanol–water partition coefficient (Wildman–Crippen LogP) is 4.65. The minimum Gasteiger partial charge on any atom is -0.495 e. The van der Waals surface area contributed by atoms with E-state index in [1.165, 1.54) is 7.11 Å². The van der Waals surface area contributed by atoms with Gasteiger partial charge in [-0.3, -0.25) is 14.5 Å². The molecule has 0 saturated carbocycles. The number of carbonyl (C=O) groups is 2. The maximum atomic E-state index is 12.3. The Hall–Kier alpha value is -3.55. The van der Waals surface area contributed by atoms with E-state index >= 15 is 0 Å². The van der Waals surface area contributed by atoms with E-state index in [1.54, 1.807) is 54.4 Å². The van der Waals surface area contributed by atoms with Crippen LogP contribution in [-0.2, 0) is 9.59 Å². The molecule has 2 N–H and O–H groups in total. The number of hydrogen-bond donors (Lipinski definition) is 2. The molecule has 32 heavy (non-hydrogen) atoms. The summed E-state index contributed by atoms with van der Waals surface area (Å²) in [6.45, 7) is 0.0648. The van der Waals surface area contributed by atoms with Gasteiger partial charge in [0.15, 0.2) is 0 Å². The molecule has 0 aliphatic carbocycles. The molecule has 8 heteroatoms. The first kappa shape index (κ1) is 23.1. The molecule has 3 aromatic rings. The van der Waals surface area contributed by atoms with Crippen molar-refractivity contribution in [3.05, 3.63) is 77.8 Å². The molecular weight excluding hydrogens is 430 g/mol. The number of halogens is 1. The number of methoxy groups -OCH3 is 1. The number of rotatable bonds is 9. The van der Waals surface area contributed by atoms with Crippen LogP contribution in [0.1, 0.15) is 0 Å². The zero-order chi connectivity index (χ0) is 22.9. The van der Waals surface area contributed by atoms with Crippen LogP contribution in [0.2, 0.25) is 5.02 Å². The van der Waals surface area contributed by atoms with Gasteiger partial charge in [-0.05, 0) is 61.6 Å². The predicted molar refractivity (Wildman–Crippen MR) is 126 cm³/mol. The fourth-order valence-electron chi connectivity index (χ4n) is 2.95. The van der Waals surface area contributed by atoms with E-state index < -0.39 is 0 Å². The van der Waals surface area contributed by atoms with Crippen LogP contribution in [0.25, 0.3) is 0 Å². The van der Waals surface area contributed by atoms with Crippen LogP contribution in [0.4, 0.5) is 11.4 Å². The summed E-state index contributed by atoms with van der Waals surface area (Å²) in [4.78, 5) is 26.3. The summed E-state index contributed by atoms with van der Waals surface area (Å²) in [7, 11) is 3.20. The molecular formula is C24H24ClN3O4. The zero-order valence-electron chi connectivity index (χ0n) is 17.8. The number of likely N-dealkylation sites (N-methyl/N-ethyl adjacent to an activating group) is 1. The van der Waals surface area contributed by atoms with Gasteiger partial charge in [0.2, 0.25) is 11.8 Å². The third-order valence-electron chi connectivity index (χ3n) is 4.38. The molecule has 0 unspecified atom stereocenters. The number of nitrogens with zero attached hydrogens (tertiary/aromatic N) is 1. The van der Waals surface area contributed by atoms with Crippen LogP contribution < -0.4 is 20.1 Å². The van der Waals surface area contributed by atoms with E-state index in [2.05, 4.69) is 10.6 Å². The molecule has 0 aliphatic rings. The molecule has 3 aromatic carbocycles. The van der Waals surface area contributed by atoms with Crippen molar-refractivity contribution in [1.82, 2.24) is 4.90 Å². The highest BCUT2D eigenvalue weighted by atomic mass is 35.5. The molecule has 0 bridgehead atoms. The van der Waals surface area contributed by atoms with E-state index in [9.17, 15) is 9.59 Å². The average molecular weight is 454 g/mol. The van der Waals surface area contributed by atoms with Gasteiger partial charge in [0, 0.05) is 10.7 Å². The molecule has 166 valence electrons. The van der Waals surface area contributed by atoms with Crippen LogP contribution in [0, 0.1) is 0 Å². The Morgan fingerprint density at radius 1 is 0.875 bits per heavy atom. The summed E-state index contributed by atoms with van der Waals surface area (Å²) in [6.07, 6.45) is 0. The van der Waals surface area contributed by atoms with E-state index in [0.29, 0.717) is 27.9 Å². The van der Waals surface area contributed by atoms with Gasteiger partial charge in [-0.25, -0.2) is 0 Å². The maximum absolute atomic E-state index is 12.3. The number of benzene rings is 3. The van der Waals surface area contributed by atoms with Crippen molar-refractivity contribution in [1.29, 1.82) is 0 Å². The standard InChI is InChI=1S/C24H24ClN3O4/c1-28(16-24(30)27-21-14-17(25)8-13-22(21)31-2)15-23(29)26-18-9-11-20(12-10-18)32-19-6-4-3-5-7-19/h3-14H,15-16H2,1-2H3,(H,26,29)(H,27,30). The Kier molecular flexibility index (Phi) is 8.08. The number of nitrogens with one attached hydrogen (secondary N) is 2. The lowest BCUT2D eigenvalue weighted by atomic mass is 10.3. The monoisotopic (exact) mass is 453 g/mol. The minimum atomic E-state index is -0.289. The van der Waals surface area contributed by atoms with Gasteiger partial charge in [-0.15, -0.1) is 0 Å². The van der Waals surface area contributed by atoms with Crippen molar-refractivity contribution in [2.75, 3.05) is 37.9 Å². The van der Waals surface area contributed by atoms with Gasteiger partial charge in [0.1, 0.15) is 17.2 Å². The molecule has 0 aliphatic heterocycles. The molecule has 0 heterocycles. The number of para-hydroxylation sites is 1. The molecule has 0 saturated heterocycles. The highest BCUT2D eigenvalue weighted by molar-refractivity contribution is 6.31. The number of ether oxygens (including phenoxy) is 2. The van der Waals surface area contributed by atoms with Gasteiger partial charge >= 0.3 is 0 Å². The highest BCUT2D eigenvalue weighted by Crippen LogP contribution is 2.27. The van der Waals surface area contributed by atoms with Crippen molar-refractivity contribution in [2.24, 2.45) is 0 Å². The second-order valence-corrected chi connectivity index (χ2v) is 7.49. The summed E-state index contributed by atoms with van der Waals surface area (Å²) >= 11 is 5.98. The number of anilines is 2. The second kappa shape index (κ2) is 11.2. The average Bonchev–Trinajstić information content (AvgIpc) is 2.75. The minimum absolute atomic E-state index is 0.0208. The molecule has 0 aromatic heterocycles. The molecule has 2 amide bonds. The van der Waals surface area contributed by atoms with E-state index in [1.807, 2.05) is 30.3 Å². The molecule has 0 spiro atoms. The fourth-order valence-corrected chi connectivity index (χ4v) is 3.12. The van der Waals surface area contributed by atoms with Crippen LogP contribution >= 0.6 is 11.6 Å². The van der Waals surface area contributed by atoms with Gasteiger partial charge in [-0.1, -0.05) is 29.8 Å². The Bertz CT molecular complexity index is 1060.